The molecule has 0 radical (unpaired) electrons. The van der Waals surface area contributed by atoms with Gasteiger partial charge in [0.25, 0.3) is 0 Å². The Labute approximate surface area is 106 Å². The van der Waals surface area contributed by atoms with Gasteiger partial charge in [0, 0.05) is 13.1 Å². The molecule has 17 heavy (non-hydrogen) atoms. The molecule has 0 aliphatic rings. The van der Waals surface area contributed by atoms with Crippen LogP contribution in [0.2, 0.25) is 0 Å². The molecule has 0 aliphatic heterocycles. The molecule has 3 heteroatoms. The first-order valence-corrected chi connectivity index (χ1v) is 7.01. The lowest BCUT2D eigenvalue weighted by Gasteiger charge is -2.08. The van der Waals surface area contributed by atoms with E-state index in [1.807, 2.05) is 6.20 Å². The van der Waals surface area contributed by atoms with E-state index in [4.69, 9.17) is 0 Å². The van der Waals surface area contributed by atoms with Crippen LogP contribution in [0.4, 0.5) is 0 Å². The molecule has 0 fully saturated rings. The summed E-state index contributed by atoms with van der Waals surface area (Å²) in [5.41, 5.74) is 2.63. The molecule has 0 saturated carbocycles. The van der Waals surface area contributed by atoms with Crippen molar-refractivity contribution in [2.75, 3.05) is 6.54 Å². The third kappa shape index (κ3) is 4.90. The van der Waals surface area contributed by atoms with Gasteiger partial charge in [0.05, 0.1) is 11.9 Å². The van der Waals surface area contributed by atoms with Crippen LogP contribution in [0.5, 0.6) is 0 Å². The number of rotatable bonds is 9. The van der Waals surface area contributed by atoms with Crippen LogP contribution in [0.15, 0.2) is 6.20 Å². The van der Waals surface area contributed by atoms with Crippen molar-refractivity contribution in [3.63, 3.8) is 0 Å². The molecular formula is C14H27N3. The van der Waals surface area contributed by atoms with E-state index in [0.717, 1.165) is 19.6 Å². The lowest BCUT2D eigenvalue weighted by Crippen LogP contribution is -2.18. The molecule has 1 rings (SSSR count). The Kier molecular flexibility index (Phi) is 6.94. The van der Waals surface area contributed by atoms with Crippen molar-refractivity contribution in [1.82, 2.24) is 15.1 Å². The van der Waals surface area contributed by atoms with Crippen molar-refractivity contribution in [3.8, 4) is 0 Å². The molecule has 0 atom stereocenters. The third-order valence-corrected chi connectivity index (χ3v) is 3.21. The minimum atomic E-state index is 0.952. The molecule has 0 aliphatic carbocycles. The zero-order valence-corrected chi connectivity index (χ0v) is 11.6. The first-order valence-electron chi connectivity index (χ1n) is 7.01. The van der Waals surface area contributed by atoms with Gasteiger partial charge in [0.2, 0.25) is 0 Å². The number of aromatic nitrogens is 2. The summed E-state index contributed by atoms with van der Waals surface area (Å²) in [6.45, 7) is 9.57. The molecule has 1 aromatic rings. The molecular weight excluding hydrogens is 210 g/mol. The minimum Gasteiger partial charge on any atom is -0.311 e. The average molecular weight is 237 g/mol. The maximum Gasteiger partial charge on any atom is 0.0551 e. The summed E-state index contributed by atoms with van der Waals surface area (Å²) < 4.78 is 2.08. The van der Waals surface area contributed by atoms with Crippen LogP contribution >= 0.6 is 0 Å². The number of unbranched alkanes of at least 4 members (excludes halogenated alkanes) is 4. The first kappa shape index (κ1) is 14.2. The van der Waals surface area contributed by atoms with Gasteiger partial charge in [-0.3, -0.25) is 4.68 Å². The van der Waals surface area contributed by atoms with E-state index >= 15 is 0 Å². The van der Waals surface area contributed by atoms with E-state index in [9.17, 15) is 0 Å². The summed E-state index contributed by atoms with van der Waals surface area (Å²) in [7, 11) is 0. The summed E-state index contributed by atoms with van der Waals surface area (Å²) in [5, 5.41) is 7.87. The zero-order valence-electron chi connectivity index (χ0n) is 11.6. The quantitative estimate of drug-likeness (QED) is 0.668. The average Bonchev–Trinajstić information content (AvgIpc) is 2.69. The highest BCUT2D eigenvalue weighted by atomic mass is 15.3. The number of nitrogens with zero attached hydrogens (tertiary/aromatic N) is 2. The number of hydrogen-bond acceptors (Lipinski definition) is 2. The third-order valence-electron chi connectivity index (χ3n) is 3.21. The van der Waals surface area contributed by atoms with Crippen LogP contribution in [0.3, 0.4) is 0 Å². The van der Waals surface area contributed by atoms with Gasteiger partial charge in [-0.15, -0.1) is 0 Å². The van der Waals surface area contributed by atoms with Gasteiger partial charge in [-0.25, -0.2) is 0 Å². The maximum atomic E-state index is 4.35. The van der Waals surface area contributed by atoms with Gasteiger partial charge in [-0.05, 0) is 32.4 Å². The SMILES string of the molecule is CCCCCCCNCc1c(C)cnn1CC. The van der Waals surface area contributed by atoms with Crippen molar-refractivity contribution in [2.45, 2.75) is 66.0 Å². The minimum absolute atomic E-state index is 0.952. The second-order valence-corrected chi connectivity index (χ2v) is 4.68. The van der Waals surface area contributed by atoms with Gasteiger partial charge in [-0.2, -0.15) is 5.10 Å². The highest BCUT2D eigenvalue weighted by Crippen LogP contribution is 2.07. The summed E-state index contributed by atoms with van der Waals surface area (Å²) in [5.74, 6) is 0. The summed E-state index contributed by atoms with van der Waals surface area (Å²) >= 11 is 0. The molecule has 0 unspecified atom stereocenters. The van der Waals surface area contributed by atoms with Gasteiger partial charge in [-0.1, -0.05) is 32.6 Å². The molecule has 0 aromatic carbocycles. The van der Waals surface area contributed by atoms with Crippen LogP contribution in [0.1, 0.15) is 57.2 Å². The highest BCUT2D eigenvalue weighted by molar-refractivity contribution is 5.15. The topological polar surface area (TPSA) is 29.9 Å². The fourth-order valence-electron chi connectivity index (χ4n) is 2.07. The standard InChI is InChI=1S/C14H27N3/c1-4-6-7-8-9-10-15-12-14-13(3)11-16-17(14)5-2/h11,15H,4-10,12H2,1-3H3. The largest absolute Gasteiger partial charge is 0.311 e. The van der Waals surface area contributed by atoms with E-state index in [-0.39, 0.29) is 0 Å². The van der Waals surface area contributed by atoms with Gasteiger partial charge in [0.15, 0.2) is 0 Å². The van der Waals surface area contributed by atoms with E-state index in [0.29, 0.717) is 0 Å². The lowest BCUT2D eigenvalue weighted by atomic mass is 10.1. The zero-order chi connectivity index (χ0) is 12.5. The van der Waals surface area contributed by atoms with E-state index < -0.39 is 0 Å². The number of hydrogen-bond donors (Lipinski definition) is 1. The van der Waals surface area contributed by atoms with Gasteiger partial charge < -0.3 is 5.32 Å². The van der Waals surface area contributed by atoms with Crippen molar-refractivity contribution in [1.29, 1.82) is 0 Å². The van der Waals surface area contributed by atoms with Gasteiger partial charge >= 0.3 is 0 Å². The Bertz CT molecular complexity index is 304. The molecule has 0 bridgehead atoms. The van der Waals surface area contributed by atoms with Gasteiger partial charge in [0.1, 0.15) is 0 Å². The summed E-state index contributed by atoms with van der Waals surface area (Å²) in [4.78, 5) is 0. The fraction of sp³-hybridized carbons (Fsp3) is 0.786. The van der Waals surface area contributed by atoms with Crippen molar-refractivity contribution in [3.05, 3.63) is 17.5 Å². The maximum absolute atomic E-state index is 4.35. The second-order valence-electron chi connectivity index (χ2n) is 4.68. The molecule has 1 N–H and O–H groups in total. The summed E-state index contributed by atoms with van der Waals surface area (Å²) in [6, 6.07) is 0. The van der Waals surface area contributed by atoms with Crippen LogP contribution < -0.4 is 5.32 Å². The Balaban J connectivity index is 2.15. The normalized spacial score (nSPS) is 11.0. The first-order chi connectivity index (χ1) is 8.29. The Hall–Kier alpha value is -0.830. The van der Waals surface area contributed by atoms with Crippen LogP contribution in [0.25, 0.3) is 0 Å². The van der Waals surface area contributed by atoms with Crippen molar-refractivity contribution >= 4 is 0 Å². The monoisotopic (exact) mass is 237 g/mol. The van der Waals surface area contributed by atoms with Crippen LogP contribution in [-0.4, -0.2) is 16.3 Å². The Morgan fingerprint density at radius 2 is 1.94 bits per heavy atom. The van der Waals surface area contributed by atoms with Crippen molar-refractivity contribution < 1.29 is 0 Å². The van der Waals surface area contributed by atoms with Crippen LogP contribution in [0, 0.1) is 6.92 Å². The predicted molar refractivity (Wildman–Crippen MR) is 73.1 cm³/mol. The molecule has 1 aromatic heterocycles. The van der Waals surface area contributed by atoms with E-state index in [1.54, 1.807) is 0 Å². The van der Waals surface area contributed by atoms with E-state index in [1.165, 1.54) is 43.4 Å². The lowest BCUT2D eigenvalue weighted by molar-refractivity contribution is 0.551. The molecule has 1 heterocycles. The highest BCUT2D eigenvalue weighted by Gasteiger charge is 2.04. The number of aryl methyl sites for hydroxylation is 2. The molecule has 3 nitrogen and oxygen atoms in total. The Morgan fingerprint density at radius 1 is 1.18 bits per heavy atom. The molecule has 98 valence electrons. The fourth-order valence-corrected chi connectivity index (χ4v) is 2.07. The van der Waals surface area contributed by atoms with Crippen molar-refractivity contribution in [2.24, 2.45) is 0 Å². The second kappa shape index (κ2) is 8.29. The molecule has 0 spiro atoms. The van der Waals surface area contributed by atoms with E-state index in [2.05, 4.69) is 35.9 Å². The smallest absolute Gasteiger partial charge is 0.0551 e. The Morgan fingerprint density at radius 3 is 2.65 bits per heavy atom. The number of nitrogens with one attached hydrogen (secondary N) is 1. The molecule has 0 amide bonds. The van der Waals surface area contributed by atoms with Crippen LogP contribution in [-0.2, 0) is 13.1 Å². The summed E-state index contributed by atoms with van der Waals surface area (Å²) in [6.07, 6.45) is 8.68. The predicted octanol–water partition coefficient (Wildman–Crippen LogP) is 3.27. The molecule has 0 saturated heterocycles.